The summed E-state index contributed by atoms with van der Waals surface area (Å²) >= 11 is 0. The molecular weight excluding hydrogens is 440 g/mol. The number of aromatic nitrogens is 2. The second-order valence-electron chi connectivity index (χ2n) is 7.76. The monoisotopic (exact) mass is 466 g/mol. The molecule has 0 bridgehead atoms. The molecule has 35 heavy (non-hydrogen) atoms. The minimum Gasteiger partial charge on any atom is -0.365 e. The van der Waals surface area contributed by atoms with Gasteiger partial charge in [0.25, 0.3) is 5.91 Å². The van der Waals surface area contributed by atoms with Gasteiger partial charge in [0.05, 0.1) is 11.3 Å². The molecule has 8 heteroatoms. The van der Waals surface area contributed by atoms with E-state index in [1.807, 2.05) is 66.7 Å². The van der Waals surface area contributed by atoms with Crippen LogP contribution in [0.2, 0.25) is 0 Å². The summed E-state index contributed by atoms with van der Waals surface area (Å²) in [6, 6.07) is 24.3. The zero-order chi connectivity index (χ0) is 24.5. The first kappa shape index (κ1) is 23.4. The van der Waals surface area contributed by atoms with Gasteiger partial charge in [-0.2, -0.15) is 0 Å². The van der Waals surface area contributed by atoms with Gasteiger partial charge in [0, 0.05) is 43.8 Å². The highest BCUT2D eigenvalue weighted by Crippen LogP contribution is 2.24. The van der Waals surface area contributed by atoms with Crippen molar-refractivity contribution >= 4 is 23.4 Å². The fourth-order valence-corrected chi connectivity index (χ4v) is 3.44. The maximum Gasteiger partial charge on any atom is 0.319 e. The van der Waals surface area contributed by atoms with Crippen molar-refractivity contribution in [3.63, 3.8) is 0 Å². The molecule has 0 spiro atoms. The zero-order valence-electron chi connectivity index (χ0n) is 19.3. The Bertz CT molecular complexity index is 1280. The number of hydrogen-bond acceptors (Lipinski definition) is 5. The Hall–Kier alpha value is -4.72. The third-order valence-electron chi connectivity index (χ3n) is 5.28. The second-order valence-corrected chi connectivity index (χ2v) is 7.76. The van der Waals surface area contributed by atoms with Crippen LogP contribution in [0.5, 0.6) is 0 Å². The van der Waals surface area contributed by atoms with Crippen LogP contribution in [0.1, 0.15) is 21.5 Å². The van der Waals surface area contributed by atoms with Gasteiger partial charge < -0.3 is 21.3 Å². The van der Waals surface area contributed by atoms with Crippen LogP contribution in [-0.4, -0.2) is 29.0 Å². The van der Waals surface area contributed by atoms with E-state index < -0.39 is 0 Å². The van der Waals surface area contributed by atoms with Gasteiger partial charge >= 0.3 is 6.03 Å². The summed E-state index contributed by atoms with van der Waals surface area (Å²) in [5.74, 6) is 0.291. The van der Waals surface area contributed by atoms with Crippen molar-refractivity contribution in [1.29, 1.82) is 0 Å². The van der Waals surface area contributed by atoms with E-state index in [0.717, 1.165) is 16.7 Å². The number of anilines is 2. The lowest BCUT2D eigenvalue weighted by Crippen LogP contribution is -2.28. The van der Waals surface area contributed by atoms with Crippen LogP contribution in [0.3, 0.4) is 0 Å². The normalized spacial score (nSPS) is 10.3. The summed E-state index contributed by atoms with van der Waals surface area (Å²) in [5, 5.41) is 11.6. The number of hydrogen-bond donors (Lipinski definition) is 4. The predicted octanol–water partition coefficient (Wildman–Crippen LogP) is 4.44. The molecule has 3 amide bonds. The van der Waals surface area contributed by atoms with Crippen molar-refractivity contribution in [1.82, 2.24) is 20.6 Å². The maximum atomic E-state index is 12.3. The lowest BCUT2D eigenvalue weighted by atomic mass is 10.1. The average molecular weight is 467 g/mol. The highest BCUT2D eigenvalue weighted by atomic mass is 16.2. The van der Waals surface area contributed by atoms with Gasteiger partial charge in [-0.05, 0) is 41.5 Å². The number of carbonyl (C=O) groups excluding carboxylic acids is 2. The standard InChI is InChI=1S/C27H26N6O2/c1-28-26(34)23-13-14-24(33-25(23)30-17-19-6-3-2-4-7-19)21-9-11-22(12-10-21)32-27(35)31-18-20-8-5-15-29-16-20/h2-16H,17-18H2,1H3,(H,28,34)(H,30,33)(H2,31,32,35). The molecule has 0 atom stereocenters. The highest BCUT2D eigenvalue weighted by Gasteiger charge is 2.13. The Kier molecular flexibility index (Phi) is 7.65. The van der Waals surface area contributed by atoms with Gasteiger partial charge in [0.15, 0.2) is 0 Å². The third kappa shape index (κ3) is 6.42. The first-order valence-electron chi connectivity index (χ1n) is 11.2. The van der Waals surface area contributed by atoms with E-state index in [1.165, 1.54) is 0 Å². The molecule has 0 aliphatic rings. The fraction of sp³-hybridized carbons (Fsp3) is 0.111. The van der Waals surface area contributed by atoms with E-state index in [9.17, 15) is 9.59 Å². The minimum atomic E-state index is -0.304. The number of rotatable bonds is 8. The number of benzene rings is 2. The van der Waals surface area contributed by atoms with Gasteiger partial charge in [-0.15, -0.1) is 0 Å². The summed E-state index contributed by atoms with van der Waals surface area (Å²) in [5.41, 5.74) is 4.69. The summed E-state index contributed by atoms with van der Waals surface area (Å²) in [7, 11) is 1.59. The number of amides is 3. The topological polar surface area (TPSA) is 108 Å². The Balaban J connectivity index is 1.44. The molecule has 2 heterocycles. The van der Waals surface area contributed by atoms with E-state index >= 15 is 0 Å². The molecule has 2 aromatic carbocycles. The van der Waals surface area contributed by atoms with Crippen LogP contribution in [0.15, 0.2) is 91.3 Å². The second kappa shape index (κ2) is 11.4. The number of nitrogens with one attached hydrogen (secondary N) is 4. The number of carbonyl (C=O) groups is 2. The smallest absolute Gasteiger partial charge is 0.319 e. The van der Waals surface area contributed by atoms with E-state index in [0.29, 0.717) is 35.9 Å². The zero-order valence-corrected chi connectivity index (χ0v) is 19.3. The van der Waals surface area contributed by atoms with Crippen LogP contribution in [0.25, 0.3) is 11.3 Å². The average Bonchev–Trinajstić information content (AvgIpc) is 2.92. The number of pyridine rings is 2. The fourth-order valence-electron chi connectivity index (χ4n) is 3.44. The predicted molar refractivity (Wildman–Crippen MR) is 137 cm³/mol. The van der Waals surface area contributed by atoms with Crippen LogP contribution >= 0.6 is 0 Å². The van der Waals surface area contributed by atoms with Crippen molar-refractivity contribution in [2.75, 3.05) is 17.7 Å². The molecular formula is C27H26N6O2. The summed E-state index contributed by atoms with van der Waals surface area (Å²) in [4.78, 5) is 33.3. The van der Waals surface area contributed by atoms with Gasteiger partial charge in [-0.1, -0.05) is 48.5 Å². The lowest BCUT2D eigenvalue weighted by molar-refractivity contribution is 0.0963. The summed E-state index contributed by atoms with van der Waals surface area (Å²) in [6.45, 7) is 0.927. The lowest BCUT2D eigenvalue weighted by Gasteiger charge is -2.13. The molecule has 4 N–H and O–H groups in total. The molecule has 0 saturated heterocycles. The number of nitrogens with zero attached hydrogens (tertiary/aromatic N) is 2. The molecule has 176 valence electrons. The SMILES string of the molecule is CNC(=O)c1ccc(-c2ccc(NC(=O)NCc3cccnc3)cc2)nc1NCc1ccccc1. The molecule has 0 radical (unpaired) electrons. The van der Waals surface area contributed by atoms with Gasteiger partial charge in [0.1, 0.15) is 5.82 Å². The van der Waals surface area contributed by atoms with E-state index in [1.54, 1.807) is 31.6 Å². The Labute approximate surface area is 203 Å². The van der Waals surface area contributed by atoms with Gasteiger partial charge in [-0.3, -0.25) is 9.78 Å². The van der Waals surface area contributed by atoms with Crippen molar-refractivity contribution in [3.8, 4) is 11.3 Å². The number of urea groups is 1. The maximum absolute atomic E-state index is 12.3. The van der Waals surface area contributed by atoms with Gasteiger partial charge in [-0.25, -0.2) is 9.78 Å². The van der Waals surface area contributed by atoms with Crippen LogP contribution < -0.4 is 21.3 Å². The van der Waals surface area contributed by atoms with Crippen LogP contribution in [0, 0.1) is 0 Å². The molecule has 0 fully saturated rings. The molecule has 0 unspecified atom stereocenters. The van der Waals surface area contributed by atoms with Crippen molar-refractivity contribution in [3.05, 3.63) is 108 Å². The summed E-state index contributed by atoms with van der Waals surface area (Å²) in [6.07, 6.45) is 3.40. The Morgan fingerprint density at radius 2 is 1.60 bits per heavy atom. The third-order valence-corrected chi connectivity index (χ3v) is 5.28. The molecule has 0 aliphatic heterocycles. The first-order chi connectivity index (χ1) is 17.1. The van der Waals surface area contributed by atoms with Crippen molar-refractivity contribution < 1.29 is 9.59 Å². The minimum absolute atomic E-state index is 0.212. The molecule has 4 rings (SSSR count). The van der Waals surface area contributed by atoms with Crippen LogP contribution in [-0.2, 0) is 13.1 Å². The molecule has 4 aromatic rings. The van der Waals surface area contributed by atoms with Crippen molar-refractivity contribution in [2.45, 2.75) is 13.1 Å². The molecule has 8 nitrogen and oxygen atoms in total. The highest BCUT2D eigenvalue weighted by molar-refractivity contribution is 5.99. The largest absolute Gasteiger partial charge is 0.365 e. The van der Waals surface area contributed by atoms with E-state index in [2.05, 4.69) is 26.3 Å². The first-order valence-corrected chi connectivity index (χ1v) is 11.2. The Morgan fingerprint density at radius 1 is 0.829 bits per heavy atom. The van der Waals surface area contributed by atoms with Crippen molar-refractivity contribution in [2.24, 2.45) is 0 Å². The Morgan fingerprint density at radius 3 is 2.31 bits per heavy atom. The molecule has 0 saturated carbocycles. The van der Waals surface area contributed by atoms with E-state index in [-0.39, 0.29) is 11.9 Å². The van der Waals surface area contributed by atoms with E-state index in [4.69, 9.17) is 4.98 Å². The quantitative estimate of drug-likeness (QED) is 0.307. The molecule has 2 aromatic heterocycles. The summed E-state index contributed by atoms with van der Waals surface area (Å²) < 4.78 is 0. The van der Waals surface area contributed by atoms with Gasteiger partial charge in [0.2, 0.25) is 0 Å². The molecule has 0 aliphatic carbocycles. The van der Waals surface area contributed by atoms with Crippen LogP contribution in [0.4, 0.5) is 16.3 Å².